The van der Waals surface area contributed by atoms with Crippen molar-refractivity contribution in [1.29, 1.82) is 0 Å². The highest BCUT2D eigenvalue weighted by atomic mass is 16.5. The molecule has 2 N–H and O–H groups in total. The van der Waals surface area contributed by atoms with Gasteiger partial charge in [-0.1, -0.05) is 0 Å². The van der Waals surface area contributed by atoms with Crippen LogP contribution in [0, 0.1) is 0 Å². The van der Waals surface area contributed by atoms with Crippen molar-refractivity contribution >= 4 is 11.7 Å². The lowest BCUT2D eigenvalue weighted by atomic mass is 10.2. The molecule has 5 heteroatoms. The number of carbonyl (C=O) groups is 1. The van der Waals surface area contributed by atoms with Crippen LogP contribution in [0.15, 0.2) is 18.5 Å². The molecule has 0 spiro atoms. The van der Waals surface area contributed by atoms with Crippen molar-refractivity contribution in [2.24, 2.45) is 0 Å². The van der Waals surface area contributed by atoms with Crippen molar-refractivity contribution in [3.63, 3.8) is 0 Å². The van der Waals surface area contributed by atoms with E-state index in [1.54, 1.807) is 19.2 Å². The molecule has 0 aromatic carbocycles. The highest BCUT2D eigenvalue weighted by Gasteiger charge is 2.11. The molecule has 0 aliphatic rings. The first kappa shape index (κ1) is 11.5. The van der Waals surface area contributed by atoms with Crippen molar-refractivity contribution in [2.45, 2.75) is 6.92 Å². The molecule has 1 aromatic rings. The SMILES string of the molecule is CCOC(=O)c1cnccc1NCCO. The molecule has 0 aliphatic carbocycles. The lowest BCUT2D eigenvalue weighted by Crippen LogP contribution is -2.12. The van der Waals surface area contributed by atoms with E-state index in [2.05, 4.69) is 10.3 Å². The molecule has 0 atom stereocenters. The third-order valence-corrected chi connectivity index (χ3v) is 1.74. The maximum atomic E-state index is 11.5. The fourth-order valence-corrected chi connectivity index (χ4v) is 1.11. The zero-order chi connectivity index (χ0) is 11.1. The van der Waals surface area contributed by atoms with Crippen LogP contribution in [0.4, 0.5) is 5.69 Å². The van der Waals surface area contributed by atoms with Gasteiger partial charge in [0.05, 0.1) is 18.9 Å². The number of anilines is 1. The predicted octanol–water partition coefficient (Wildman–Crippen LogP) is 0.662. The fourth-order valence-electron chi connectivity index (χ4n) is 1.11. The number of nitrogens with one attached hydrogen (secondary N) is 1. The first-order chi connectivity index (χ1) is 7.29. The van der Waals surface area contributed by atoms with Gasteiger partial charge in [-0.05, 0) is 13.0 Å². The van der Waals surface area contributed by atoms with E-state index in [1.165, 1.54) is 6.20 Å². The minimum atomic E-state index is -0.411. The van der Waals surface area contributed by atoms with Crippen LogP contribution in [-0.2, 0) is 4.74 Å². The van der Waals surface area contributed by atoms with Gasteiger partial charge in [-0.2, -0.15) is 0 Å². The van der Waals surface area contributed by atoms with Gasteiger partial charge >= 0.3 is 5.97 Å². The maximum Gasteiger partial charge on any atom is 0.341 e. The molecule has 15 heavy (non-hydrogen) atoms. The number of hydrogen-bond donors (Lipinski definition) is 2. The van der Waals surface area contributed by atoms with Crippen molar-refractivity contribution in [3.8, 4) is 0 Å². The molecule has 5 nitrogen and oxygen atoms in total. The van der Waals surface area contributed by atoms with Gasteiger partial charge in [-0.15, -0.1) is 0 Å². The first-order valence-corrected chi connectivity index (χ1v) is 4.75. The Kier molecular flexibility index (Phi) is 4.56. The number of hydrogen-bond acceptors (Lipinski definition) is 5. The van der Waals surface area contributed by atoms with Gasteiger partial charge in [0.1, 0.15) is 5.56 Å². The zero-order valence-electron chi connectivity index (χ0n) is 8.56. The van der Waals surface area contributed by atoms with Crippen LogP contribution < -0.4 is 5.32 Å². The van der Waals surface area contributed by atoms with Crippen LogP contribution in [0.25, 0.3) is 0 Å². The van der Waals surface area contributed by atoms with E-state index in [1.807, 2.05) is 0 Å². The van der Waals surface area contributed by atoms with E-state index in [0.29, 0.717) is 24.4 Å². The third kappa shape index (κ3) is 3.21. The number of pyridine rings is 1. The summed E-state index contributed by atoms with van der Waals surface area (Å²) < 4.78 is 4.87. The van der Waals surface area contributed by atoms with Crippen LogP contribution >= 0.6 is 0 Å². The number of ether oxygens (including phenoxy) is 1. The second-order valence-electron chi connectivity index (χ2n) is 2.79. The summed E-state index contributed by atoms with van der Waals surface area (Å²) in [6.07, 6.45) is 3.01. The molecule has 1 rings (SSSR count). The number of aliphatic hydroxyl groups excluding tert-OH is 1. The van der Waals surface area contributed by atoms with E-state index in [9.17, 15) is 4.79 Å². The second kappa shape index (κ2) is 5.98. The topological polar surface area (TPSA) is 71.5 Å². The Bertz CT molecular complexity index is 328. The molecular weight excluding hydrogens is 196 g/mol. The van der Waals surface area contributed by atoms with Crippen molar-refractivity contribution < 1.29 is 14.6 Å². The van der Waals surface area contributed by atoms with Crippen molar-refractivity contribution in [1.82, 2.24) is 4.98 Å². The molecule has 1 heterocycles. The van der Waals surface area contributed by atoms with Gasteiger partial charge in [0.15, 0.2) is 0 Å². The molecule has 0 bridgehead atoms. The minimum Gasteiger partial charge on any atom is -0.462 e. The molecule has 0 fully saturated rings. The molecule has 0 unspecified atom stereocenters. The summed E-state index contributed by atoms with van der Waals surface area (Å²) in [7, 11) is 0. The summed E-state index contributed by atoms with van der Waals surface area (Å²) >= 11 is 0. The van der Waals surface area contributed by atoms with Crippen LogP contribution in [0.5, 0.6) is 0 Å². The van der Waals surface area contributed by atoms with Gasteiger partial charge in [0, 0.05) is 18.9 Å². The van der Waals surface area contributed by atoms with Gasteiger partial charge in [-0.3, -0.25) is 4.98 Å². The fraction of sp³-hybridized carbons (Fsp3) is 0.400. The van der Waals surface area contributed by atoms with E-state index >= 15 is 0 Å². The number of carbonyl (C=O) groups excluding carboxylic acids is 1. The van der Waals surface area contributed by atoms with Gasteiger partial charge < -0.3 is 15.2 Å². The summed E-state index contributed by atoms with van der Waals surface area (Å²) in [5.74, 6) is -0.411. The van der Waals surface area contributed by atoms with E-state index in [4.69, 9.17) is 9.84 Å². The van der Waals surface area contributed by atoms with Crippen LogP contribution in [0.1, 0.15) is 17.3 Å². The highest BCUT2D eigenvalue weighted by molar-refractivity contribution is 5.95. The first-order valence-electron chi connectivity index (χ1n) is 4.75. The molecule has 0 amide bonds. The van der Waals surface area contributed by atoms with Gasteiger partial charge in [0.2, 0.25) is 0 Å². The number of nitrogens with zero attached hydrogens (tertiary/aromatic N) is 1. The Morgan fingerprint density at radius 1 is 1.67 bits per heavy atom. The Hall–Kier alpha value is -1.62. The number of aromatic nitrogens is 1. The smallest absolute Gasteiger partial charge is 0.341 e. The Morgan fingerprint density at radius 3 is 3.13 bits per heavy atom. The summed E-state index contributed by atoms with van der Waals surface area (Å²) in [6, 6.07) is 1.67. The minimum absolute atomic E-state index is 0.00455. The highest BCUT2D eigenvalue weighted by Crippen LogP contribution is 2.14. The molecular formula is C10H14N2O3. The van der Waals surface area contributed by atoms with Crippen molar-refractivity contribution in [3.05, 3.63) is 24.0 Å². The number of rotatable bonds is 5. The van der Waals surface area contributed by atoms with E-state index < -0.39 is 5.97 Å². The number of esters is 1. The van der Waals surface area contributed by atoms with Crippen LogP contribution in [0.2, 0.25) is 0 Å². The summed E-state index contributed by atoms with van der Waals surface area (Å²) in [5, 5.41) is 11.6. The molecule has 1 aromatic heterocycles. The van der Waals surface area contributed by atoms with Crippen molar-refractivity contribution in [2.75, 3.05) is 25.1 Å². The number of aliphatic hydroxyl groups is 1. The molecule has 0 saturated carbocycles. The average molecular weight is 210 g/mol. The predicted molar refractivity (Wildman–Crippen MR) is 55.8 cm³/mol. The van der Waals surface area contributed by atoms with E-state index in [0.717, 1.165) is 0 Å². The second-order valence-corrected chi connectivity index (χ2v) is 2.79. The maximum absolute atomic E-state index is 11.5. The summed E-state index contributed by atoms with van der Waals surface area (Å²) in [4.78, 5) is 15.3. The quantitative estimate of drug-likeness (QED) is 0.699. The Balaban J connectivity index is 2.80. The molecule has 0 radical (unpaired) electrons. The monoisotopic (exact) mass is 210 g/mol. The normalized spacial score (nSPS) is 9.73. The van der Waals surface area contributed by atoms with Gasteiger partial charge in [-0.25, -0.2) is 4.79 Å². The van der Waals surface area contributed by atoms with Crippen LogP contribution in [-0.4, -0.2) is 35.8 Å². The lowest BCUT2D eigenvalue weighted by Gasteiger charge is -2.09. The average Bonchev–Trinajstić information content (AvgIpc) is 2.27. The summed E-state index contributed by atoms with van der Waals surface area (Å²) in [6.45, 7) is 2.46. The Labute approximate surface area is 88.1 Å². The van der Waals surface area contributed by atoms with Gasteiger partial charge in [0.25, 0.3) is 0 Å². The van der Waals surface area contributed by atoms with E-state index in [-0.39, 0.29) is 6.61 Å². The molecule has 0 aliphatic heterocycles. The zero-order valence-corrected chi connectivity index (χ0v) is 8.56. The third-order valence-electron chi connectivity index (χ3n) is 1.74. The molecule has 82 valence electrons. The summed E-state index contributed by atoms with van der Waals surface area (Å²) in [5.41, 5.74) is 1.00. The Morgan fingerprint density at radius 2 is 2.47 bits per heavy atom. The standard InChI is InChI=1S/C10H14N2O3/c1-2-15-10(14)8-7-11-4-3-9(8)12-5-6-13/h3-4,7,13H,2,5-6H2,1H3,(H,11,12). The largest absolute Gasteiger partial charge is 0.462 e. The lowest BCUT2D eigenvalue weighted by molar-refractivity contribution is 0.0527. The van der Waals surface area contributed by atoms with Crippen LogP contribution in [0.3, 0.4) is 0 Å². The molecule has 0 saturated heterocycles.